The summed E-state index contributed by atoms with van der Waals surface area (Å²) in [6.07, 6.45) is 9.39. The van der Waals surface area contributed by atoms with Gasteiger partial charge in [0, 0.05) is 11.7 Å². The molecule has 0 saturated heterocycles. The highest BCUT2D eigenvalue weighted by molar-refractivity contribution is 6.03. The van der Waals surface area contributed by atoms with Crippen LogP contribution >= 0.6 is 0 Å². The SMILES string of the molecule is Cc1cc(C)c(NC(=O)c2cnc(NC3CCCCC3)cn2)c(C)c1. The van der Waals surface area contributed by atoms with Crippen LogP contribution in [0.1, 0.15) is 59.3 Å². The molecule has 0 radical (unpaired) electrons. The van der Waals surface area contributed by atoms with E-state index in [1.165, 1.54) is 37.7 Å². The van der Waals surface area contributed by atoms with Gasteiger partial charge in [-0.1, -0.05) is 37.0 Å². The standard InChI is InChI=1S/C20H26N4O/c1-13-9-14(2)19(15(3)10-13)24-20(25)17-11-22-18(12-21-17)23-16-7-5-4-6-8-16/h9-12,16H,4-8H2,1-3H3,(H,22,23)(H,24,25). The van der Waals surface area contributed by atoms with Crippen molar-refractivity contribution in [2.24, 2.45) is 0 Å². The average Bonchev–Trinajstić information content (AvgIpc) is 2.59. The van der Waals surface area contributed by atoms with Gasteiger partial charge in [0.1, 0.15) is 11.5 Å². The first-order chi connectivity index (χ1) is 12.0. The van der Waals surface area contributed by atoms with Gasteiger partial charge in [-0.25, -0.2) is 9.97 Å². The second-order valence-corrected chi connectivity index (χ2v) is 6.99. The first-order valence-electron chi connectivity index (χ1n) is 9.00. The maximum absolute atomic E-state index is 12.5. The van der Waals surface area contributed by atoms with Crippen molar-refractivity contribution in [2.75, 3.05) is 10.6 Å². The minimum absolute atomic E-state index is 0.230. The van der Waals surface area contributed by atoms with Gasteiger partial charge in [-0.05, 0) is 44.7 Å². The van der Waals surface area contributed by atoms with E-state index in [0.717, 1.165) is 22.6 Å². The van der Waals surface area contributed by atoms with Crippen molar-refractivity contribution in [1.82, 2.24) is 9.97 Å². The molecule has 0 unspecified atom stereocenters. The summed E-state index contributed by atoms with van der Waals surface area (Å²) in [5.41, 5.74) is 4.46. The predicted molar refractivity (Wildman–Crippen MR) is 101 cm³/mol. The molecule has 1 amide bonds. The van der Waals surface area contributed by atoms with Gasteiger partial charge in [-0.15, -0.1) is 0 Å². The predicted octanol–water partition coefficient (Wildman–Crippen LogP) is 4.40. The minimum Gasteiger partial charge on any atom is -0.366 e. The van der Waals surface area contributed by atoms with Crippen molar-refractivity contribution in [3.8, 4) is 0 Å². The lowest BCUT2D eigenvalue weighted by molar-refractivity contribution is 0.102. The molecule has 5 nitrogen and oxygen atoms in total. The van der Waals surface area contributed by atoms with E-state index < -0.39 is 0 Å². The lowest BCUT2D eigenvalue weighted by atomic mass is 9.96. The Morgan fingerprint density at radius 3 is 2.28 bits per heavy atom. The quantitative estimate of drug-likeness (QED) is 0.867. The zero-order chi connectivity index (χ0) is 17.8. The average molecular weight is 338 g/mol. The number of benzene rings is 1. The van der Waals surface area contributed by atoms with E-state index in [1.54, 1.807) is 12.4 Å². The Hall–Kier alpha value is -2.43. The Kier molecular flexibility index (Phi) is 5.31. The van der Waals surface area contributed by atoms with Crippen LogP contribution in [0.15, 0.2) is 24.5 Å². The first kappa shape index (κ1) is 17.4. The summed E-state index contributed by atoms with van der Waals surface area (Å²) in [6.45, 7) is 6.05. The molecule has 2 N–H and O–H groups in total. The number of nitrogens with one attached hydrogen (secondary N) is 2. The highest BCUT2D eigenvalue weighted by atomic mass is 16.1. The van der Waals surface area contributed by atoms with E-state index in [4.69, 9.17) is 0 Å². The van der Waals surface area contributed by atoms with Crippen LogP contribution in [-0.2, 0) is 0 Å². The maximum Gasteiger partial charge on any atom is 0.275 e. The third-order valence-corrected chi connectivity index (χ3v) is 4.76. The van der Waals surface area contributed by atoms with Crippen LogP contribution in [0, 0.1) is 20.8 Å². The number of nitrogens with zero attached hydrogens (tertiary/aromatic N) is 2. The number of carbonyl (C=O) groups excluding carboxylic acids is 1. The molecule has 0 spiro atoms. The van der Waals surface area contributed by atoms with E-state index in [-0.39, 0.29) is 5.91 Å². The molecule has 1 aromatic heterocycles. The zero-order valence-electron chi connectivity index (χ0n) is 15.2. The molecule has 5 heteroatoms. The Bertz CT molecular complexity index is 726. The van der Waals surface area contributed by atoms with Gasteiger partial charge >= 0.3 is 0 Å². The summed E-state index contributed by atoms with van der Waals surface area (Å²) < 4.78 is 0. The summed E-state index contributed by atoms with van der Waals surface area (Å²) in [4.78, 5) is 21.1. The van der Waals surface area contributed by atoms with Crippen LogP contribution in [0.25, 0.3) is 0 Å². The molecule has 25 heavy (non-hydrogen) atoms. The first-order valence-corrected chi connectivity index (χ1v) is 9.00. The molecule has 1 aliphatic rings. The number of rotatable bonds is 4. The number of hydrogen-bond donors (Lipinski definition) is 2. The molecule has 1 heterocycles. The summed E-state index contributed by atoms with van der Waals surface area (Å²) in [5, 5.41) is 6.38. The van der Waals surface area contributed by atoms with Crippen molar-refractivity contribution < 1.29 is 4.79 Å². The van der Waals surface area contributed by atoms with Gasteiger partial charge in [0.15, 0.2) is 0 Å². The van der Waals surface area contributed by atoms with Crippen molar-refractivity contribution >= 4 is 17.4 Å². The van der Waals surface area contributed by atoms with Gasteiger partial charge in [-0.3, -0.25) is 4.79 Å². The lowest BCUT2D eigenvalue weighted by Crippen LogP contribution is -2.23. The van der Waals surface area contributed by atoms with E-state index in [2.05, 4.69) is 39.7 Å². The number of aryl methyl sites for hydroxylation is 3. The summed E-state index contributed by atoms with van der Waals surface area (Å²) in [6, 6.07) is 4.59. The summed E-state index contributed by atoms with van der Waals surface area (Å²) in [7, 11) is 0. The molecule has 1 aromatic carbocycles. The molecule has 0 atom stereocenters. The third kappa shape index (κ3) is 4.35. The number of hydrogen-bond acceptors (Lipinski definition) is 4. The monoisotopic (exact) mass is 338 g/mol. The topological polar surface area (TPSA) is 66.9 Å². The second kappa shape index (κ2) is 7.64. The number of amides is 1. The molecule has 0 aliphatic heterocycles. The van der Waals surface area contributed by atoms with Gasteiger partial charge < -0.3 is 10.6 Å². The minimum atomic E-state index is -0.230. The fourth-order valence-corrected chi connectivity index (χ4v) is 3.53. The van der Waals surface area contributed by atoms with Crippen molar-refractivity contribution in [1.29, 1.82) is 0 Å². The highest BCUT2D eigenvalue weighted by Gasteiger charge is 2.15. The molecular weight excluding hydrogens is 312 g/mol. The zero-order valence-corrected chi connectivity index (χ0v) is 15.2. The van der Waals surface area contributed by atoms with Crippen LogP contribution in [-0.4, -0.2) is 21.9 Å². The van der Waals surface area contributed by atoms with Crippen LogP contribution in [0.4, 0.5) is 11.5 Å². The van der Waals surface area contributed by atoms with Crippen LogP contribution in [0.5, 0.6) is 0 Å². The second-order valence-electron chi connectivity index (χ2n) is 6.99. The molecule has 1 fully saturated rings. The Labute approximate surface area is 149 Å². The van der Waals surface area contributed by atoms with Crippen LogP contribution in [0.3, 0.4) is 0 Å². The fraction of sp³-hybridized carbons (Fsp3) is 0.450. The molecule has 1 aliphatic carbocycles. The Morgan fingerprint density at radius 1 is 1.00 bits per heavy atom. The largest absolute Gasteiger partial charge is 0.366 e. The lowest BCUT2D eigenvalue weighted by Gasteiger charge is -2.23. The van der Waals surface area contributed by atoms with E-state index >= 15 is 0 Å². The smallest absolute Gasteiger partial charge is 0.275 e. The number of carbonyl (C=O) groups is 1. The van der Waals surface area contributed by atoms with Gasteiger partial charge in [0.05, 0.1) is 12.4 Å². The number of anilines is 2. The van der Waals surface area contributed by atoms with E-state index in [0.29, 0.717) is 11.7 Å². The Balaban J connectivity index is 1.66. The fourth-order valence-electron chi connectivity index (χ4n) is 3.53. The van der Waals surface area contributed by atoms with E-state index in [1.807, 2.05) is 13.8 Å². The van der Waals surface area contributed by atoms with E-state index in [9.17, 15) is 4.79 Å². The van der Waals surface area contributed by atoms with Crippen LogP contribution in [0.2, 0.25) is 0 Å². The number of aromatic nitrogens is 2. The molecule has 1 saturated carbocycles. The normalized spacial score (nSPS) is 15.0. The Morgan fingerprint density at radius 2 is 1.68 bits per heavy atom. The van der Waals surface area contributed by atoms with Gasteiger partial charge in [0.25, 0.3) is 5.91 Å². The molecule has 132 valence electrons. The van der Waals surface area contributed by atoms with Gasteiger partial charge in [0.2, 0.25) is 0 Å². The molecule has 2 aromatic rings. The highest BCUT2D eigenvalue weighted by Crippen LogP contribution is 2.23. The van der Waals surface area contributed by atoms with Crippen LogP contribution < -0.4 is 10.6 Å². The molecule has 0 bridgehead atoms. The van der Waals surface area contributed by atoms with Crippen molar-refractivity contribution in [3.05, 3.63) is 46.9 Å². The molecular formula is C20H26N4O. The maximum atomic E-state index is 12.5. The van der Waals surface area contributed by atoms with Crippen molar-refractivity contribution in [3.63, 3.8) is 0 Å². The summed E-state index contributed by atoms with van der Waals surface area (Å²) in [5.74, 6) is 0.512. The third-order valence-electron chi connectivity index (χ3n) is 4.76. The summed E-state index contributed by atoms with van der Waals surface area (Å²) >= 11 is 0. The molecule has 3 rings (SSSR count). The van der Waals surface area contributed by atoms with Crippen molar-refractivity contribution in [2.45, 2.75) is 58.9 Å². The van der Waals surface area contributed by atoms with Gasteiger partial charge in [-0.2, -0.15) is 0 Å².